The maximum Gasteiger partial charge on any atom is 0.306 e. The van der Waals surface area contributed by atoms with E-state index in [0.29, 0.717) is 19.3 Å². The molecule has 0 unspecified atom stereocenters. The van der Waals surface area contributed by atoms with Gasteiger partial charge in [0.1, 0.15) is 13.2 Å². The molecule has 0 aliphatic heterocycles. The van der Waals surface area contributed by atoms with E-state index in [9.17, 15) is 14.4 Å². The molecule has 0 saturated carbocycles. The molecule has 6 heteroatoms. The van der Waals surface area contributed by atoms with E-state index in [1.165, 1.54) is 173 Å². The summed E-state index contributed by atoms with van der Waals surface area (Å²) in [4.78, 5) is 38.2. The van der Waals surface area contributed by atoms with Crippen LogP contribution in [0, 0.1) is 0 Å². The van der Waals surface area contributed by atoms with Crippen molar-refractivity contribution in [3.8, 4) is 0 Å². The predicted octanol–water partition coefficient (Wildman–Crippen LogP) is 21.1. The van der Waals surface area contributed by atoms with Crippen LogP contribution in [0.15, 0.2) is 85.1 Å². The molecule has 0 saturated heterocycles. The average molecular weight is 1020 g/mol. The van der Waals surface area contributed by atoms with Gasteiger partial charge < -0.3 is 14.2 Å². The second kappa shape index (κ2) is 61.1. The monoisotopic (exact) mass is 1020 g/mol. The van der Waals surface area contributed by atoms with Gasteiger partial charge in [-0.2, -0.15) is 0 Å². The molecule has 0 amide bonds. The normalized spacial score (nSPS) is 12.6. The predicted molar refractivity (Wildman–Crippen MR) is 316 cm³/mol. The lowest BCUT2D eigenvalue weighted by Crippen LogP contribution is -2.30. The van der Waals surface area contributed by atoms with Crippen LogP contribution in [0.1, 0.15) is 303 Å². The summed E-state index contributed by atoms with van der Waals surface area (Å²) in [5.41, 5.74) is 0. The number of esters is 3. The minimum atomic E-state index is -0.814. The first-order valence-corrected chi connectivity index (χ1v) is 31.1. The molecule has 0 aromatic carbocycles. The molecule has 0 aliphatic rings. The van der Waals surface area contributed by atoms with Crippen LogP contribution in [0.4, 0.5) is 0 Å². The fraction of sp³-hybridized carbons (Fsp3) is 0.746. The first-order valence-electron chi connectivity index (χ1n) is 31.1. The number of rotatable bonds is 56. The number of hydrogen-bond acceptors (Lipinski definition) is 6. The van der Waals surface area contributed by atoms with Crippen molar-refractivity contribution >= 4 is 17.9 Å². The van der Waals surface area contributed by atoms with Crippen LogP contribution in [-0.2, 0) is 28.6 Å². The highest BCUT2D eigenvalue weighted by molar-refractivity contribution is 5.71. The number of carbonyl (C=O) groups excluding carboxylic acids is 3. The number of allylic oxidation sites excluding steroid dienone is 14. The van der Waals surface area contributed by atoms with Crippen LogP contribution in [0.5, 0.6) is 0 Å². The molecule has 0 bridgehead atoms. The highest BCUT2D eigenvalue weighted by Crippen LogP contribution is 2.15. The molecule has 73 heavy (non-hydrogen) atoms. The van der Waals surface area contributed by atoms with Crippen LogP contribution in [0.2, 0.25) is 0 Å². The molecule has 0 N–H and O–H groups in total. The third-order valence-electron chi connectivity index (χ3n) is 13.3. The zero-order valence-electron chi connectivity index (χ0n) is 48.1. The Balaban J connectivity index is 4.45. The standard InChI is InChI=1S/C67H116O6/c1-4-7-10-13-16-19-22-25-28-31-32-33-34-37-39-42-45-48-51-54-57-60-66(69)72-63-64(73-67(70)61-58-55-52-49-46-43-40-36-30-27-24-21-18-15-12-9-6-3)62-71-65(68)59-56-53-50-47-44-41-38-35-29-26-23-20-17-14-11-8-5-2/h17,20,25-30,38,40-41,43,49,52,64H,4-16,18-19,21-24,31-37,39,42,44-48,50-51,53-63H2,1-3H3/b20-17-,28-25-,29-26-,30-27-,41-38-,43-40-,52-49-/t64-/m1/s1. The van der Waals surface area contributed by atoms with Gasteiger partial charge in [-0.15, -0.1) is 0 Å². The maximum absolute atomic E-state index is 12.9. The van der Waals surface area contributed by atoms with E-state index in [0.717, 1.165) is 83.5 Å². The molecule has 0 aliphatic carbocycles. The van der Waals surface area contributed by atoms with Crippen molar-refractivity contribution in [2.24, 2.45) is 0 Å². The molecular formula is C67H116O6. The highest BCUT2D eigenvalue weighted by Gasteiger charge is 2.19. The Hall–Kier alpha value is -3.41. The summed E-state index contributed by atoms with van der Waals surface area (Å²) in [6.07, 6.45) is 80.1. The van der Waals surface area contributed by atoms with E-state index in [1.807, 2.05) is 0 Å². The Morgan fingerprint density at radius 2 is 0.507 bits per heavy atom. The van der Waals surface area contributed by atoms with Gasteiger partial charge in [-0.1, -0.05) is 254 Å². The Morgan fingerprint density at radius 1 is 0.274 bits per heavy atom. The molecular weight excluding hydrogens is 901 g/mol. The number of ether oxygens (including phenoxy) is 3. The van der Waals surface area contributed by atoms with Gasteiger partial charge in [0.15, 0.2) is 6.10 Å². The van der Waals surface area contributed by atoms with Crippen LogP contribution in [0.25, 0.3) is 0 Å². The molecule has 0 fully saturated rings. The summed E-state index contributed by atoms with van der Waals surface area (Å²) in [6, 6.07) is 0. The summed E-state index contributed by atoms with van der Waals surface area (Å²) in [7, 11) is 0. The quantitative estimate of drug-likeness (QED) is 0.0261. The van der Waals surface area contributed by atoms with Crippen molar-refractivity contribution in [1.29, 1.82) is 0 Å². The van der Waals surface area contributed by atoms with Crippen LogP contribution >= 0.6 is 0 Å². The Bertz CT molecular complexity index is 1400. The van der Waals surface area contributed by atoms with Gasteiger partial charge >= 0.3 is 17.9 Å². The fourth-order valence-electron chi connectivity index (χ4n) is 8.64. The van der Waals surface area contributed by atoms with Crippen molar-refractivity contribution < 1.29 is 28.6 Å². The molecule has 0 radical (unpaired) electrons. The molecule has 0 aromatic rings. The zero-order chi connectivity index (χ0) is 52.9. The van der Waals surface area contributed by atoms with E-state index in [1.54, 1.807) is 0 Å². The van der Waals surface area contributed by atoms with Crippen LogP contribution < -0.4 is 0 Å². The van der Waals surface area contributed by atoms with Gasteiger partial charge in [-0.05, 0) is 116 Å². The molecule has 420 valence electrons. The summed E-state index contributed by atoms with van der Waals surface area (Å²) >= 11 is 0. The average Bonchev–Trinajstić information content (AvgIpc) is 3.39. The number of hydrogen-bond donors (Lipinski definition) is 0. The molecule has 1 atom stereocenters. The lowest BCUT2D eigenvalue weighted by Gasteiger charge is -2.18. The third kappa shape index (κ3) is 59.3. The van der Waals surface area contributed by atoms with E-state index in [2.05, 4.69) is 106 Å². The van der Waals surface area contributed by atoms with Crippen molar-refractivity contribution in [2.75, 3.05) is 13.2 Å². The Labute approximate surface area is 452 Å². The van der Waals surface area contributed by atoms with Gasteiger partial charge in [0.25, 0.3) is 0 Å². The molecule has 0 aromatic heterocycles. The second-order valence-corrected chi connectivity index (χ2v) is 20.6. The number of carbonyl (C=O) groups is 3. The largest absolute Gasteiger partial charge is 0.462 e. The van der Waals surface area contributed by atoms with E-state index >= 15 is 0 Å². The van der Waals surface area contributed by atoms with Crippen molar-refractivity contribution in [1.82, 2.24) is 0 Å². The topological polar surface area (TPSA) is 78.9 Å². The van der Waals surface area contributed by atoms with Gasteiger partial charge in [-0.3, -0.25) is 14.4 Å². The highest BCUT2D eigenvalue weighted by atomic mass is 16.6. The SMILES string of the molecule is CCCCC/C=C\C/C=C\C/C=C\CCCCCCC(=O)OC[C@H](COC(=O)CCCCCCCCCCCCC/C=C\CCCCCCCC)OC(=O)CCC/C=C\C/C=C\C/C=C\CCCCCCCC. The smallest absolute Gasteiger partial charge is 0.306 e. The van der Waals surface area contributed by atoms with Gasteiger partial charge in [0.2, 0.25) is 0 Å². The van der Waals surface area contributed by atoms with Crippen molar-refractivity contribution in [3.05, 3.63) is 85.1 Å². The summed E-state index contributed by atoms with van der Waals surface area (Å²) in [5.74, 6) is -0.970. The summed E-state index contributed by atoms with van der Waals surface area (Å²) in [6.45, 7) is 6.57. The first kappa shape index (κ1) is 69.6. The van der Waals surface area contributed by atoms with Crippen LogP contribution in [-0.4, -0.2) is 37.2 Å². The molecule has 0 spiro atoms. The van der Waals surface area contributed by atoms with E-state index < -0.39 is 6.10 Å². The third-order valence-corrected chi connectivity index (χ3v) is 13.3. The minimum absolute atomic E-state index is 0.103. The van der Waals surface area contributed by atoms with Crippen molar-refractivity contribution in [2.45, 2.75) is 309 Å². The zero-order valence-corrected chi connectivity index (χ0v) is 48.1. The first-order chi connectivity index (χ1) is 36.0. The van der Waals surface area contributed by atoms with E-state index in [4.69, 9.17) is 14.2 Å². The Morgan fingerprint density at radius 3 is 0.849 bits per heavy atom. The molecule has 0 heterocycles. The second-order valence-electron chi connectivity index (χ2n) is 20.6. The maximum atomic E-state index is 12.9. The van der Waals surface area contributed by atoms with E-state index in [-0.39, 0.29) is 37.5 Å². The van der Waals surface area contributed by atoms with Crippen molar-refractivity contribution in [3.63, 3.8) is 0 Å². The number of unbranched alkanes of at least 4 members (excludes halogenated alkanes) is 31. The van der Waals surface area contributed by atoms with Gasteiger partial charge in [-0.25, -0.2) is 0 Å². The lowest BCUT2D eigenvalue weighted by molar-refractivity contribution is -0.167. The minimum Gasteiger partial charge on any atom is -0.462 e. The Kier molecular flexibility index (Phi) is 58.3. The lowest BCUT2D eigenvalue weighted by atomic mass is 10.0. The summed E-state index contributed by atoms with van der Waals surface area (Å²) < 4.78 is 16.8. The van der Waals surface area contributed by atoms with Crippen LogP contribution in [0.3, 0.4) is 0 Å². The molecule has 0 rings (SSSR count). The fourth-order valence-corrected chi connectivity index (χ4v) is 8.64. The van der Waals surface area contributed by atoms with Gasteiger partial charge in [0.05, 0.1) is 0 Å². The van der Waals surface area contributed by atoms with Gasteiger partial charge in [0, 0.05) is 19.3 Å². The summed E-state index contributed by atoms with van der Waals surface area (Å²) in [5, 5.41) is 0. The molecule has 6 nitrogen and oxygen atoms in total.